The molecule has 96 valence electrons. The topological polar surface area (TPSA) is 50.1 Å². The second-order valence-electron chi connectivity index (χ2n) is 3.64. The van der Waals surface area contributed by atoms with E-state index in [1.807, 2.05) is 0 Å². The summed E-state index contributed by atoms with van der Waals surface area (Å²) in [7, 11) is -4.78. The van der Waals surface area contributed by atoms with Crippen molar-refractivity contribution >= 4 is 9.73 Å². The molecule has 1 aromatic rings. The van der Waals surface area contributed by atoms with Crippen LogP contribution < -0.4 is 4.74 Å². The first-order chi connectivity index (χ1) is 7.64. The van der Waals surface area contributed by atoms with Gasteiger partial charge in [-0.15, -0.1) is 0 Å². The second-order valence-corrected chi connectivity index (χ2v) is 5.69. The van der Waals surface area contributed by atoms with Crippen LogP contribution in [-0.2, 0) is 9.73 Å². The van der Waals surface area contributed by atoms with Crippen LogP contribution in [0.3, 0.4) is 0 Å². The van der Waals surface area contributed by atoms with E-state index in [4.69, 9.17) is 9.52 Å². The summed E-state index contributed by atoms with van der Waals surface area (Å²) >= 11 is 0. The molecule has 0 saturated heterocycles. The van der Waals surface area contributed by atoms with Gasteiger partial charge in [-0.1, -0.05) is 0 Å². The molecule has 0 aliphatic heterocycles. The second kappa shape index (κ2) is 4.56. The third-order valence-electron chi connectivity index (χ3n) is 1.85. The van der Waals surface area contributed by atoms with Gasteiger partial charge >= 0.3 is 5.51 Å². The first-order valence-corrected chi connectivity index (χ1v) is 6.32. The van der Waals surface area contributed by atoms with Crippen molar-refractivity contribution in [2.45, 2.75) is 30.4 Å². The normalized spacial score (nSPS) is 15.6. The first kappa shape index (κ1) is 13.8. The van der Waals surface area contributed by atoms with Crippen molar-refractivity contribution in [3.8, 4) is 5.75 Å². The number of rotatable bonds is 3. The van der Waals surface area contributed by atoms with Gasteiger partial charge in [0.1, 0.15) is 5.75 Å². The van der Waals surface area contributed by atoms with Gasteiger partial charge in [-0.2, -0.15) is 13.2 Å². The van der Waals surface area contributed by atoms with Crippen LogP contribution in [0.4, 0.5) is 13.2 Å². The van der Waals surface area contributed by atoms with Crippen molar-refractivity contribution in [3.63, 3.8) is 0 Å². The van der Waals surface area contributed by atoms with Crippen LogP contribution >= 0.6 is 0 Å². The summed E-state index contributed by atoms with van der Waals surface area (Å²) in [6.07, 6.45) is -0.108. The standard InChI is InChI=1S/C10H12F3NO2S/c1-7(2)16-8-3-5-9(6-4-8)17(14,15)10(11,12)13/h3-7,14H,1-2H3. The molecule has 1 aromatic carbocycles. The van der Waals surface area contributed by atoms with Crippen LogP contribution in [0.2, 0.25) is 0 Å². The Kier molecular flexibility index (Phi) is 3.71. The van der Waals surface area contributed by atoms with Gasteiger partial charge in [0.15, 0.2) is 9.73 Å². The Morgan fingerprint density at radius 1 is 1.24 bits per heavy atom. The molecular formula is C10H12F3NO2S. The van der Waals surface area contributed by atoms with E-state index in [0.29, 0.717) is 5.75 Å². The predicted octanol–water partition coefficient (Wildman–Crippen LogP) is 3.40. The van der Waals surface area contributed by atoms with Crippen LogP contribution in [0.5, 0.6) is 5.75 Å². The largest absolute Gasteiger partial charge is 0.491 e. The summed E-state index contributed by atoms with van der Waals surface area (Å²) in [4.78, 5) is -0.568. The maximum atomic E-state index is 12.3. The molecule has 1 N–H and O–H groups in total. The highest BCUT2D eigenvalue weighted by molar-refractivity contribution is 7.93. The monoisotopic (exact) mass is 267 g/mol. The van der Waals surface area contributed by atoms with Gasteiger partial charge in [0.25, 0.3) is 0 Å². The van der Waals surface area contributed by atoms with E-state index in [-0.39, 0.29) is 6.10 Å². The fraction of sp³-hybridized carbons (Fsp3) is 0.400. The van der Waals surface area contributed by atoms with Crippen molar-refractivity contribution < 1.29 is 22.1 Å². The molecule has 1 unspecified atom stereocenters. The van der Waals surface area contributed by atoms with Crippen molar-refractivity contribution in [3.05, 3.63) is 24.3 Å². The van der Waals surface area contributed by atoms with E-state index < -0.39 is 20.1 Å². The van der Waals surface area contributed by atoms with Crippen LogP contribution in [-0.4, -0.2) is 15.8 Å². The molecular weight excluding hydrogens is 255 g/mol. The third kappa shape index (κ3) is 3.12. The zero-order chi connectivity index (χ0) is 13.3. The molecule has 0 bridgehead atoms. The number of benzene rings is 1. The minimum Gasteiger partial charge on any atom is -0.491 e. The van der Waals surface area contributed by atoms with E-state index in [9.17, 15) is 17.4 Å². The highest BCUT2D eigenvalue weighted by Gasteiger charge is 2.43. The van der Waals surface area contributed by atoms with Crippen LogP contribution in [0.25, 0.3) is 0 Å². The van der Waals surface area contributed by atoms with E-state index in [0.717, 1.165) is 12.1 Å². The Morgan fingerprint density at radius 3 is 2.06 bits per heavy atom. The van der Waals surface area contributed by atoms with Gasteiger partial charge in [-0.25, -0.2) is 8.99 Å². The lowest BCUT2D eigenvalue weighted by molar-refractivity contribution is -0.0406. The first-order valence-electron chi connectivity index (χ1n) is 4.76. The van der Waals surface area contributed by atoms with Gasteiger partial charge in [0, 0.05) is 0 Å². The van der Waals surface area contributed by atoms with Crippen molar-refractivity contribution in [1.82, 2.24) is 0 Å². The maximum absolute atomic E-state index is 12.3. The Hall–Kier alpha value is -1.24. The molecule has 0 amide bonds. The van der Waals surface area contributed by atoms with Crippen LogP contribution in [0.1, 0.15) is 13.8 Å². The molecule has 0 aliphatic rings. The number of halogens is 3. The quantitative estimate of drug-likeness (QED) is 0.912. The smallest absolute Gasteiger partial charge is 0.483 e. The molecule has 0 aromatic heterocycles. The van der Waals surface area contributed by atoms with Crippen LogP contribution in [0.15, 0.2) is 29.2 Å². The summed E-state index contributed by atoms with van der Waals surface area (Å²) in [5, 5.41) is 0. The summed E-state index contributed by atoms with van der Waals surface area (Å²) in [5.41, 5.74) is -5.06. The third-order valence-corrected chi connectivity index (χ3v) is 3.44. The van der Waals surface area contributed by atoms with Gasteiger partial charge in [0.2, 0.25) is 0 Å². The summed E-state index contributed by atoms with van der Waals surface area (Å²) in [6.45, 7) is 3.55. The lowest BCUT2D eigenvalue weighted by Gasteiger charge is -2.13. The van der Waals surface area contributed by atoms with E-state index in [1.165, 1.54) is 12.1 Å². The predicted molar refractivity (Wildman–Crippen MR) is 57.4 cm³/mol. The van der Waals surface area contributed by atoms with E-state index in [2.05, 4.69) is 0 Å². The fourth-order valence-electron chi connectivity index (χ4n) is 1.12. The van der Waals surface area contributed by atoms with Gasteiger partial charge in [-0.3, -0.25) is 0 Å². The van der Waals surface area contributed by atoms with Crippen molar-refractivity contribution in [1.29, 1.82) is 4.78 Å². The number of hydrogen-bond donors (Lipinski definition) is 1. The average molecular weight is 267 g/mol. The van der Waals surface area contributed by atoms with Gasteiger partial charge < -0.3 is 4.74 Å². The molecule has 3 nitrogen and oxygen atoms in total. The lowest BCUT2D eigenvalue weighted by Crippen LogP contribution is -2.21. The molecule has 0 spiro atoms. The number of ether oxygens (including phenoxy) is 1. The Balaban J connectivity index is 3.04. The molecule has 0 heterocycles. The SMILES string of the molecule is CC(C)Oc1ccc(S(=N)(=O)C(F)(F)F)cc1. The summed E-state index contributed by atoms with van der Waals surface area (Å²) < 4.78 is 60.4. The van der Waals surface area contributed by atoms with Gasteiger partial charge in [0.05, 0.1) is 11.0 Å². The van der Waals surface area contributed by atoms with Crippen molar-refractivity contribution in [2.75, 3.05) is 0 Å². The number of nitrogens with one attached hydrogen (secondary N) is 1. The maximum Gasteiger partial charge on any atom is 0.483 e. The molecule has 0 fully saturated rings. The van der Waals surface area contributed by atoms with Gasteiger partial charge in [-0.05, 0) is 38.1 Å². The van der Waals surface area contributed by atoms with Crippen LogP contribution in [0, 0.1) is 4.78 Å². The summed E-state index contributed by atoms with van der Waals surface area (Å²) in [5.74, 6) is 0.376. The molecule has 0 aliphatic carbocycles. The van der Waals surface area contributed by atoms with E-state index >= 15 is 0 Å². The Bertz CT molecular complexity index is 477. The number of hydrogen-bond acceptors (Lipinski definition) is 3. The Morgan fingerprint density at radius 2 is 1.71 bits per heavy atom. The average Bonchev–Trinajstić information content (AvgIpc) is 2.15. The number of alkyl halides is 3. The molecule has 17 heavy (non-hydrogen) atoms. The minimum atomic E-state index is -5.06. The van der Waals surface area contributed by atoms with E-state index in [1.54, 1.807) is 13.8 Å². The molecule has 0 saturated carbocycles. The fourth-order valence-corrected chi connectivity index (χ4v) is 1.90. The minimum absolute atomic E-state index is 0.108. The van der Waals surface area contributed by atoms with Crippen molar-refractivity contribution in [2.24, 2.45) is 0 Å². The molecule has 7 heteroatoms. The summed E-state index contributed by atoms with van der Waals surface area (Å²) in [6, 6.07) is 4.55. The zero-order valence-corrected chi connectivity index (χ0v) is 10.1. The molecule has 0 radical (unpaired) electrons. The zero-order valence-electron chi connectivity index (χ0n) is 9.25. The molecule has 1 rings (SSSR count). The highest BCUT2D eigenvalue weighted by Crippen LogP contribution is 2.31. The lowest BCUT2D eigenvalue weighted by atomic mass is 10.3. The Labute approximate surface area is 97.6 Å². The highest BCUT2D eigenvalue weighted by atomic mass is 32.2. The molecule has 1 atom stereocenters.